The molecule has 1 saturated heterocycles. The number of ether oxygens (including phenoxy) is 1. The number of hydrogen-bond donors (Lipinski definition) is 0. The van der Waals surface area contributed by atoms with E-state index in [1.54, 1.807) is 0 Å². The molecule has 0 unspecified atom stereocenters. The van der Waals surface area contributed by atoms with E-state index in [2.05, 4.69) is 6.92 Å². The highest BCUT2D eigenvalue weighted by Gasteiger charge is 2.12. The van der Waals surface area contributed by atoms with Crippen molar-refractivity contribution in [1.29, 1.82) is 0 Å². The topological polar surface area (TPSA) is 9.23 Å². The van der Waals surface area contributed by atoms with Gasteiger partial charge in [0.05, 0.1) is 0 Å². The standard InChI is InChI=1S/C10H20O/c1-2-3-4-5-10-6-8-11-9-7-10/h10H,2-9H2,1H3. The molecule has 1 aliphatic heterocycles. The normalized spacial score (nSPS) is 20.5. The zero-order valence-corrected chi connectivity index (χ0v) is 7.64. The van der Waals surface area contributed by atoms with E-state index in [1.807, 2.05) is 0 Å². The van der Waals surface area contributed by atoms with Gasteiger partial charge in [0.25, 0.3) is 0 Å². The fourth-order valence-electron chi connectivity index (χ4n) is 1.72. The molecule has 0 amide bonds. The smallest absolute Gasteiger partial charge is 0.0468 e. The minimum atomic E-state index is 0.982. The predicted molar refractivity (Wildman–Crippen MR) is 47.7 cm³/mol. The molecule has 1 aliphatic rings. The molecule has 1 rings (SSSR count). The summed E-state index contributed by atoms with van der Waals surface area (Å²) in [5.74, 6) is 0.982. The van der Waals surface area contributed by atoms with E-state index in [0.717, 1.165) is 19.1 Å². The average molecular weight is 156 g/mol. The van der Waals surface area contributed by atoms with E-state index in [4.69, 9.17) is 4.74 Å². The van der Waals surface area contributed by atoms with E-state index in [9.17, 15) is 0 Å². The van der Waals surface area contributed by atoms with Crippen LogP contribution < -0.4 is 0 Å². The summed E-state index contributed by atoms with van der Waals surface area (Å²) in [6.07, 6.45) is 8.26. The van der Waals surface area contributed by atoms with Crippen LogP contribution in [0.15, 0.2) is 0 Å². The highest BCUT2D eigenvalue weighted by atomic mass is 16.5. The summed E-state index contributed by atoms with van der Waals surface area (Å²) in [4.78, 5) is 0. The lowest BCUT2D eigenvalue weighted by Gasteiger charge is -2.21. The van der Waals surface area contributed by atoms with Gasteiger partial charge < -0.3 is 4.74 Å². The van der Waals surface area contributed by atoms with Crippen LogP contribution in [0.4, 0.5) is 0 Å². The number of unbranched alkanes of at least 4 members (excludes halogenated alkanes) is 2. The van der Waals surface area contributed by atoms with Crippen LogP contribution in [-0.4, -0.2) is 13.2 Å². The molecule has 0 N–H and O–H groups in total. The van der Waals surface area contributed by atoms with Crippen LogP contribution in [0.5, 0.6) is 0 Å². The number of hydrogen-bond acceptors (Lipinski definition) is 1. The van der Waals surface area contributed by atoms with Crippen LogP contribution in [0.1, 0.15) is 45.4 Å². The molecular weight excluding hydrogens is 136 g/mol. The summed E-state index contributed by atoms with van der Waals surface area (Å²) in [6.45, 7) is 4.29. The summed E-state index contributed by atoms with van der Waals surface area (Å²) in [6, 6.07) is 0. The first-order chi connectivity index (χ1) is 5.43. The molecule has 0 atom stereocenters. The van der Waals surface area contributed by atoms with Gasteiger partial charge in [0, 0.05) is 13.2 Å². The van der Waals surface area contributed by atoms with E-state index in [-0.39, 0.29) is 0 Å². The van der Waals surface area contributed by atoms with Gasteiger partial charge in [0.15, 0.2) is 0 Å². The van der Waals surface area contributed by atoms with Crippen LogP contribution in [0.25, 0.3) is 0 Å². The van der Waals surface area contributed by atoms with E-state index >= 15 is 0 Å². The van der Waals surface area contributed by atoms with Crippen molar-refractivity contribution in [1.82, 2.24) is 0 Å². The average Bonchev–Trinajstić information content (AvgIpc) is 2.07. The Balaban J connectivity index is 1.96. The minimum Gasteiger partial charge on any atom is -0.381 e. The summed E-state index contributed by atoms with van der Waals surface area (Å²) >= 11 is 0. The van der Waals surface area contributed by atoms with Gasteiger partial charge in [0.1, 0.15) is 0 Å². The number of rotatable bonds is 4. The van der Waals surface area contributed by atoms with Crippen LogP contribution in [0.3, 0.4) is 0 Å². The van der Waals surface area contributed by atoms with Crippen molar-refractivity contribution in [3.8, 4) is 0 Å². The van der Waals surface area contributed by atoms with E-state index in [1.165, 1.54) is 38.5 Å². The van der Waals surface area contributed by atoms with Gasteiger partial charge in [-0.25, -0.2) is 0 Å². The Morgan fingerprint density at radius 3 is 2.55 bits per heavy atom. The minimum absolute atomic E-state index is 0.982. The molecule has 66 valence electrons. The van der Waals surface area contributed by atoms with Crippen molar-refractivity contribution in [2.75, 3.05) is 13.2 Å². The van der Waals surface area contributed by atoms with Gasteiger partial charge in [-0.2, -0.15) is 0 Å². The molecule has 0 radical (unpaired) electrons. The molecule has 0 aromatic carbocycles. The van der Waals surface area contributed by atoms with Crippen molar-refractivity contribution in [2.45, 2.75) is 45.4 Å². The zero-order valence-electron chi connectivity index (χ0n) is 7.64. The Bertz CT molecular complexity index is 84.9. The van der Waals surface area contributed by atoms with Crippen LogP contribution in [-0.2, 0) is 4.74 Å². The van der Waals surface area contributed by atoms with Gasteiger partial charge in [-0.15, -0.1) is 0 Å². The van der Waals surface area contributed by atoms with Gasteiger partial charge in [0.2, 0.25) is 0 Å². The summed E-state index contributed by atoms with van der Waals surface area (Å²) in [5, 5.41) is 0. The van der Waals surface area contributed by atoms with Crippen LogP contribution in [0.2, 0.25) is 0 Å². The fraction of sp³-hybridized carbons (Fsp3) is 1.00. The van der Waals surface area contributed by atoms with Crippen molar-refractivity contribution in [3.05, 3.63) is 0 Å². The largest absolute Gasteiger partial charge is 0.381 e. The Morgan fingerprint density at radius 2 is 1.91 bits per heavy atom. The fourth-order valence-corrected chi connectivity index (χ4v) is 1.72. The quantitative estimate of drug-likeness (QED) is 0.568. The molecule has 0 aromatic heterocycles. The van der Waals surface area contributed by atoms with Crippen molar-refractivity contribution in [3.63, 3.8) is 0 Å². The van der Waals surface area contributed by atoms with Gasteiger partial charge in [-0.1, -0.05) is 32.6 Å². The lowest BCUT2D eigenvalue weighted by Crippen LogP contribution is -2.15. The Morgan fingerprint density at radius 1 is 1.18 bits per heavy atom. The predicted octanol–water partition coefficient (Wildman–Crippen LogP) is 2.99. The molecule has 0 spiro atoms. The molecule has 0 bridgehead atoms. The maximum Gasteiger partial charge on any atom is 0.0468 e. The molecule has 0 saturated carbocycles. The van der Waals surface area contributed by atoms with Crippen molar-refractivity contribution >= 4 is 0 Å². The summed E-state index contributed by atoms with van der Waals surface area (Å²) < 4.78 is 5.31. The SMILES string of the molecule is CCCCCC1CCOCC1. The molecular formula is C10H20O. The highest BCUT2D eigenvalue weighted by molar-refractivity contribution is 4.62. The van der Waals surface area contributed by atoms with Gasteiger partial charge >= 0.3 is 0 Å². The Labute approximate surface area is 70.1 Å². The second-order valence-corrected chi connectivity index (χ2v) is 3.55. The lowest BCUT2D eigenvalue weighted by molar-refractivity contribution is 0.0631. The Hall–Kier alpha value is -0.0400. The maximum absolute atomic E-state index is 5.31. The monoisotopic (exact) mass is 156 g/mol. The first-order valence-electron chi connectivity index (χ1n) is 5.01. The third-order valence-electron chi connectivity index (χ3n) is 2.56. The molecule has 0 aromatic rings. The van der Waals surface area contributed by atoms with Crippen LogP contribution >= 0.6 is 0 Å². The molecule has 1 heteroatoms. The molecule has 1 fully saturated rings. The van der Waals surface area contributed by atoms with E-state index < -0.39 is 0 Å². The first-order valence-corrected chi connectivity index (χ1v) is 5.01. The molecule has 1 nitrogen and oxygen atoms in total. The first kappa shape index (κ1) is 9.05. The molecule has 11 heavy (non-hydrogen) atoms. The van der Waals surface area contributed by atoms with Crippen molar-refractivity contribution in [2.24, 2.45) is 5.92 Å². The van der Waals surface area contributed by atoms with Gasteiger partial charge in [-0.05, 0) is 18.8 Å². The lowest BCUT2D eigenvalue weighted by atomic mass is 9.94. The Kier molecular flexibility index (Phi) is 4.60. The second-order valence-electron chi connectivity index (χ2n) is 3.55. The van der Waals surface area contributed by atoms with Gasteiger partial charge in [-0.3, -0.25) is 0 Å². The maximum atomic E-state index is 5.31. The second kappa shape index (κ2) is 5.59. The molecule has 0 aliphatic carbocycles. The summed E-state index contributed by atoms with van der Waals surface area (Å²) in [7, 11) is 0. The van der Waals surface area contributed by atoms with Crippen molar-refractivity contribution < 1.29 is 4.74 Å². The van der Waals surface area contributed by atoms with Crippen LogP contribution in [0, 0.1) is 5.92 Å². The molecule has 1 heterocycles. The highest BCUT2D eigenvalue weighted by Crippen LogP contribution is 2.20. The third-order valence-corrected chi connectivity index (χ3v) is 2.56. The van der Waals surface area contributed by atoms with E-state index in [0.29, 0.717) is 0 Å². The summed E-state index contributed by atoms with van der Waals surface area (Å²) in [5.41, 5.74) is 0. The third kappa shape index (κ3) is 3.76. The zero-order chi connectivity index (χ0) is 7.94.